The lowest BCUT2D eigenvalue weighted by molar-refractivity contribution is -0.143. The summed E-state index contributed by atoms with van der Waals surface area (Å²) in [5, 5.41) is 0. The Morgan fingerprint density at radius 2 is 1.44 bits per heavy atom. The first-order valence-corrected chi connectivity index (χ1v) is 7.08. The Morgan fingerprint density at radius 3 is 1.80 bits per heavy atom. The summed E-state index contributed by atoms with van der Waals surface area (Å²) in [5.41, 5.74) is 6.26. The van der Waals surface area contributed by atoms with E-state index >= 15 is 0 Å². The number of amides is 1. The number of alkyl halides is 6. The average molecular weight is 367 g/mol. The Labute approximate surface area is 138 Å². The molecule has 4 nitrogen and oxygen atoms in total. The molecular formula is C15H15F6N3O. The highest BCUT2D eigenvalue weighted by molar-refractivity contribution is 5.95. The molecule has 0 heterocycles. The maximum atomic E-state index is 13.0. The van der Waals surface area contributed by atoms with Crippen molar-refractivity contribution >= 4 is 11.9 Å². The van der Waals surface area contributed by atoms with E-state index in [9.17, 15) is 31.1 Å². The predicted molar refractivity (Wildman–Crippen MR) is 77.3 cm³/mol. The van der Waals surface area contributed by atoms with E-state index in [4.69, 9.17) is 11.5 Å². The van der Waals surface area contributed by atoms with Crippen LogP contribution in [-0.4, -0.2) is 11.9 Å². The summed E-state index contributed by atoms with van der Waals surface area (Å²) >= 11 is 0. The lowest BCUT2D eigenvalue weighted by Gasteiger charge is -2.14. The molecule has 4 N–H and O–H groups in total. The van der Waals surface area contributed by atoms with Crippen LogP contribution < -0.4 is 11.5 Å². The van der Waals surface area contributed by atoms with Gasteiger partial charge >= 0.3 is 12.4 Å². The molecular weight excluding hydrogens is 352 g/mol. The third kappa shape index (κ3) is 3.72. The smallest absolute Gasteiger partial charge is 0.370 e. The number of guanidine groups is 1. The summed E-state index contributed by atoms with van der Waals surface area (Å²) in [6.45, 7) is 3.10. The van der Waals surface area contributed by atoms with Crippen LogP contribution in [0.2, 0.25) is 0 Å². The number of nitrogens with two attached hydrogens (primary N) is 2. The van der Waals surface area contributed by atoms with E-state index in [1.165, 1.54) is 0 Å². The Hall–Kier alpha value is -2.26. The standard InChI is InChI=1S/C15H15F6N3O/c1-13(2)9(10(13)11(25)24-12(22)23)6-3-7(14(16,17)18)5-8(4-6)15(19,20)21/h3-5,9-10H,1-2H3,(H4,22,23,24,25). The van der Waals surface area contributed by atoms with E-state index in [0.717, 1.165) is 0 Å². The fraction of sp³-hybridized carbons (Fsp3) is 0.467. The monoisotopic (exact) mass is 367 g/mol. The van der Waals surface area contributed by atoms with Gasteiger partial charge in [-0.2, -0.15) is 31.3 Å². The van der Waals surface area contributed by atoms with E-state index in [1.807, 2.05) is 0 Å². The molecule has 2 rings (SSSR count). The zero-order valence-electron chi connectivity index (χ0n) is 13.2. The number of carbonyl (C=O) groups is 1. The molecule has 1 saturated carbocycles. The highest BCUT2D eigenvalue weighted by atomic mass is 19.4. The van der Waals surface area contributed by atoms with Crippen LogP contribution in [0.1, 0.15) is 36.5 Å². The van der Waals surface area contributed by atoms with E-state index in [0.29, 0.717) is 12.1 Å². The average Bonchev–Trinajstić information content (AvgIpc) is 2.98. The van der Waals surface area contributed by atoms with Gasteiger partial charge in [0, 0.05) is 5.92 Å². The molecule has 1 aliphatic carbocycles. The van der Waals surface area contributed by atoms with Crippen LogP contribution in [0, 0.1) is 11.3 Å². The summed E-state index contributed by atoms with van der Waals surface area (Å²) in [6.07, 6.45) is -9.90. The fourth-order valence-electron chi connectivity index (χ4n) is 3.08. The van der Waals surface area contributed by atoms with E-state index in [2.05, 4.69) is 4.99 Å². The molecule has 1 aromatic carbocycles. The van der Waals surface area contributed by atoms with Crippen LogP contribution in [0.5, 0.6) is 0 Å². The van der Waals surface area contributed by atoms with E-state index in [-0.39, 0.29) is 11.6 Å². The minimum absolute atomic E-state index is 0.0474. The van der Waals surface area contributed by atoms with Gasteiger partial charge in [0.25, 0.3) is 5.91 Å². The van der Waals surface area contributed by atoms with Crippen molar-refractivity contribution in [3.63, 3.8) is 0 Å². The van der Waals surface area contributed by atoms with Crippen molar-refractivity contribution in [2.75, 3.05) is 0 Å². The van der Waals surface area contributed by atoms with Gasteiger partial charge in [0.05, 0.1) is 17.0 Å². The molecule has 1 aliphatic rings. The number of hydrogen-bond acceptors (Lipinski definition) is 1. The van der Waals surface area contributed by atoms with Crippen LogP contribution >= 0.6 is 0 Å². The van der Waals surface area contributed by atoms with Crippen LogP contribution in [0.25, 0.3) is 0 Å². The van der Waals surface area contributed by atoms with Gasteiger partial charge in [0.1, 0.15) is 0 Å². The van der Waals surface area contributed by atoms with Crippen LogP contribution in [0.15, 0.2) is 23.2 Å². The van der Waals surface area contributed by atoms with Gasteiger partial charge in [-0.3, -0.25) is 4.79 Å². The van der Waals surface area contributed by atoms with Crippen molar-refractivity contribution in [2.24, 2.45) is 27.8 Å². The fourth-order valence-corrected chi connectivity index (χ4v) is 3.08. The molecule has 1 fully saturated rings. The van der Waals surface area contributed by atoms with Crippen molar-refractivity contribution in [1.82, 2.24) is 0 Å². The number of nitrogens with zero attached hydrogens (tertiary/aromatic N) is 1. The molecule has 10 heteroatoms. The quantitative estimate of drug-likeness (QED) is 0.478. The van der Waals surface area contributed by atoms with Crippen molar-refractivity contribution in [3.05, 3.63) is 34.9 Å². The Balaban J connectivity index is 2.52. The minimum atomic E-state index is -4.95. The molecule has 0 saturated heterocycles. The molecule has 25 heavy (non-hydrogen) atoms. The Morgan fingerprint density at radius 1 is 1.00 bits per heavy atom. The maximum absolute atomic E-state index is 13.0. The van der Waals surface area contributed by atoms with Crippen LogP contribution in [0.4, 0.5) is 26.3 Å². The molecule has 1 aromatic rings. The molecule has 1 amide bonds. The number of aliphatic imine (C=N–C) groups is 1. The van der Waals surface area contributed by atoms with Crippen LogP contribution in [0.3, 0.4) is 0 Å². The summed E-state index contributed by atoms with van der Waals surface area (Å²) < 4.78 is 77.7. The first kappa shape index (κ1) is 19.1. The lowest BCUT2D eigenvalue weighted by atomic mass is 9.98. The molecule has 0 bridgehead atoms. The number of halogens is 6. The van der Waals surface area contributed by atoms with Crippen molar-refractivity contribution in [2.45, 2.75) is 32.1 Å². The lowest BCUT2D eigenvalue weighted by Crippen LogP contribution is -2.25. The summed E-state index contributed by atoms with van der Waals surface area (Å²) in [5.74, 6) is -3.06. The second-order valence-electron chi connectivity index (χ2n) is 6.49. The highest BCUT2D eigenvalue weighted by Crippen LogP contribution is 2.65. The zero-order valence-corrected chi connectivity index (χ0v) is 13.2. The first-order chi connectivity index (χ1) is 11.2. The Kier molecular flexibility index (Phi) is 4.30. The van der Waals surface area contributed by atoms with Crippen LogP contribution in [-0.2, 0) is 17.1 Å². The zero-order chi connectivity index (χ0) is 19.4. The summed E-state index contributed by atoms with van der Waals surface area (Å²) in [4.78, 5) is 15.3. The van der Waals surface area contributed by atoms with Gasteiger partial charge in [0.2, 0.25) is 0 Å². The molecule has 2 unspecified atom stereocenters. The van der Waals surface area contributed by atoms with Gasteiger partial charge in [0.15, 0.2) is 5.96 Å². The van der Waals surface area contributed by atoms with Gasteiger partial charge in [-0.1, -0.05) is 13.8 Å². The summed E-state index contributed by atoms with van der Waals surface area (Å²) in [7, 11) is 0. The van der Waals surface area contributed by atoms with Crippen molar-refractivity contribution < 1.29 is 31.1 Å². The van der Waals surface area contributed by atoms with E-state index < -0.39 is 52.6 Å². The molecule has 0 radical (unpaired) electrons. The van der Waals surface area contributed by atoms with Gasteiger partial charge in [-0.25, -0.2) is 0 Å². The number of benzene rings is 1. The first-order valence-electron chi connectivity index (χ1n) is 7.08. The van der Waals surface area contributed by atoms with Gasteiger partial charge in [-0.15, -0.1) is 0 Å². The van der Waals surface area contributed by atoms with Crippen molar-refractivity contribution in [3.8, 4) is 0 Å². The molecule has 0 spiro atoms. The molecule has 138 valence electrons. The molecule has 2 atom stereocenters. The predicted octanol–water partition coefficient (Wildman–Crippen LogP) is 3.26. The second-order valence-corrected chi connectivity index (χ2v) is 6.49. The Bertz CT molecular complexity index is 700. The second kappa shape index (κ2) is 5.63. The van der Waals surface area contributed by atoms with Crippen molar-refractivity contribution in [1.29, 1.82) is 0 Å². The third-order valence-corrected chi connectivity index (χ3v) is 4.30. The molecule has 0 aromatic heterocycles. The number of carbonyl (C=O) groups excluding carboxylic acids is 1. The SMILES string of the molecule is CC1(C)C(C(=O)N=C(N)N)C1c1cc(C(F)(F)F)cc(C(F)(F)F)c1. The summed E-state index contributed by atoms with van der Waals surface area (Å²) in [6, 6.07) is 1.31. The normalized spacial score (nSPS) is 22.4. The van der Waals surface area contributed by atoms with Gasteiger partial charge in [-0.05, 0) is 29.2 Å². The van der Waals surface area contributed by atoms with Gasteiger partial charge < -0.3 is 11.5 Å². The minimum Gasteiger partial charge on any atom is -0.370 e. The highest BCUT2D eigenvalue weighted by Gasteiger charge is 2.62. The number of rotatable bonds is 2. The maximum Gasteiger partial charge on any atom is 0.416 e. The topological polar surface area (TPSA) is 81.5 Å². The number of hydrogen-bond donors (Lipinski definition) is 2. The largest absolute Gasteiger partial charge is 0.416 e. The van der Waals surface area contributed by atoms with E-state index in [1.54, 1.807) is 13.8 Å². The molecule has 0 aliphatic heterocycles. The third-order valence-electron chi connectivity index (χ3n) is 4.30.